The standard InChI is InChI=1S/C13H17FN4.C8H9NO.C4H10O/c1-8-15-11-6-9(13(2,3)14)7-12(18(11)17-8)16-10-4-5-10;1-6-3-4-8(5-9-6)7(2)10;1-2-3-4-5/h6-7,10,16H,4-5H2,1-3H3;3-5H,1-2H3;5H,2-4H2,1H3. The van der Waals surface area contributed by atoms with E-state index in [-0.39, 0.29) is 5.78 Å². The van der Waals surface area contributed by atoms with Crippen LogP contribution in [0.3, 0.4) is 0 Å². The third kappa shape index (κ3) is 8.53. The number of anilines is 1. The normalized spacial score (nSPS) is 13.0. The predicted molar refractivity (Wildman–Crippen MR) is 129 cm³/mol. The van der Waals surface area contributed by atoms with Gasteiger partial charge >= 0.3 is 0 Å². The lowest BCUT2D eigenvalue weighted by atomic mass is 10.0. The number of ketones is 1. The molecule has 1 aliphatic carbocycles. The number of alkyl halides is 1. The topological polar surface area (TPSA) is 92.4 Å². The molecule has 0 aliphatic heterocycles. The van der Waals surface area contributed by atoms with Crippen molar-refractivity contribution in [3.8, 4) is 0 Å². The van der Waals surface area contributed by atoms with Gasteiger partial charge in [-0.3, -0.25) is 9.78 Å². The molecule has 180 valence electrons. The number of rotatable bonds is 6. The summed E-state index contributed by atoms with van der Waals surface area (Å²) < 4.78 is 15.9. The van der Waals surface area contributed by atoms with E-state index < -0.39 is 5.67 Å². The summed E-state index contributed by atoms with van der Waals surface area (Å²) in [6.45, 7) is 10.8. The van der Waals surface area contributed by atoms with E-state index in [0.717, 1.165) is 24.4 Å². The van der Waals surface area contributed by atoms with E-state index in [0.29, 0.717) is 35.2 Å². The molecule has 0 aromatic carbocycles. The van der Waals surface area contributed by atoms with Gasteiger partial charge in [-0.05, 0) is 83.7 Å². The van der Waals surface area contributed by atoms with E-state index in [1.54, 1.807) is 36.7 Å². The summed E-state index contributed by atoms with van der Waals surface area (Å²) in [5.74, 6) is 1.59. The maximum atomic E-state index is 14.1. The lowest BCUT2D eigenvalue weighted by Gasteiger charge is -2.17. The molecule has 0 radical (unpaired) electrons. The highest BCUT2D eigenvalue weighted by Crippen LogP contribution is 2.30. The number of halogens is 1. The van der Waals surface area contributed by atoms with Gasteiger partial charge in [-0.15, -0.1) is 5.10 Å². The zero-order valence-corrected chi connectivity index (χ0v) is 20.5. The smallest absolute Gasteiger partial charge is 0.161 e. The first kappa shape index (κ1) is 26.4. The number of aryl methyl sites for hydroxylation is 2. The Morgan fingerprint density at radius 1 is 1.27 bits per heavy atom. The van der Waals surface area contributed by atoms with Gasteiger partial charge in [0.2, 0.25) is 0 Å². The molecule has 8 heteroatoms. The van der Waals surface area contributed by atoms with Crippen LogP contribution in [0.1, 0.15) is 80.8 Å². The largest absolute Gasteiger partial charge is 0.396 e. The van der Waals surface area contributed by atoms with Gasteiger partial charge in [-0.1, -0.05) is 13.3 Å². The van der Waals surface area contributed by atoms with Crippen molar-refractivity contribution in [3.05, 3.63) is 53.1 Å². The number of Topliss-reactive ketones (excluding diaryl/α,β-unsaturated/α-hetero) is 1. The highest BCUT2D eigenvalue weighted by molar-refractivity contribution is 5.93. The molecule has 3 heterocycles. The molecule has 0 bridgehead atoms. The number of carbonyl (C=O) groups is 1. The molecule has 4 rings (SSSR count). The van der Waals surface area contributed by atoms with Crippen LogP contribution in [0.2, 0.25) is 0 Å². The van der Waals surface area contributed by atoms with E-state index in [4.69, 9.17) is 5.11 Å². The summed E-state index contributed by atoms with van der Waals surface area (Å²) in [5.41, 5.74) is 1.56. The first-order valence-corrected chi connectivity index (χ1v) is 11.4. The Hall–Kier alpha value is -2.87. The number of aliphatic hydroxyl groups excluding tert-OH is 1. The van der Waals surface area contributed by atoms with Gasteiger partial charge in [0.1, 0.15) is 17.3 Å². The Morgan fingerprint density at radius 3 is 2.42 bits per heavy atom. The van der Waals surface area contributed by atoms with Crippen LogP contribution in [0.4, 0.5) is 10.2 Å². The summed E-state index contributed by atoms with van der Waals surface area (Å²) in [6.07, 6.45) is 5.96. The molecular formula is C25H36FN5O2. The van der Waals surface area contributed by atoms with E-state index in [1.807, 2.05) is 26.0 Å². The van der Waals surface area contributed by atoms with Gasteiger partial charge in [-0.2, -0.15) is 4.52 Å². The fraction of sp³-hybridized carbons (Fsp3) is 0.520. The zero-order valence-electron chi connectivity index (χ0n) is 20.5. The second kappa shape index (κ2) is 11.8. The van der Waals surface area contributed by atoms with Gasteiger partial charge in [-0.25, -0.2) is 9.37 Å². The molecule has 0 unspecified atom stereocenters. The number of aromatic nitrogens is 4. The molecule has 0 saturated heterocycles. The number of hydrogen-bond acceptors (Lipinski definition) is 6. The number of aliphatic hydroxyl groups is 1. The van der Waals surface area contributed by atoms with E-state index in [1.165, 1.54) is 19.8 Å². The van der Waals surface area contributed by atoms with Crippen LogP contribution in [0.25, 0.3) is 5.65 Å². The van der Waals surface area contributed by atoms with Crippen LogP contribution in [0, 0.1) is 13.8 Å². The maximum absolute atomic E-state index is 14.1. The van der Waals surface area contributed by atoms with Crippen LogP contribution in [0.5, 0.6) is 0 Å². The Balaban J connectivity index is 0.000000217. The minimum atomic E-state index is -1.37. The molecule has 7 nitrogen and oxygen atoms in total. The Kier molecular flexibility index (Phi) is 9.46. The molecule has 3 aromatic rings. The molecular weight excluding hydrogens is 421 g/mol. The van der Waals surface area contributed by atoms with Gasteiger partial charge in [0.05, 0.1) is 0 Å². The van der Waals surface area contributed by atoms with Gasteiger partial charge < -0.3 is 10.4 Å². The van der Waals surface area contributed by atoms with Crippen LogP contribution in [0.15, 0.2) is 30.5 Å². The molecule has 0 spiro atoms. The summed E-state index contributed by atoms with van der Waals surface area (Å²) in [6, 6.07) is 7.70. The molecule has 3 aromatic heterocycles. The van der Waals surface area contributed by atoms with Gasteiger partial charge in [0, 0.05) is 30.1 Å². The lowest BCUT2D eigenvalue weighted by Crippen LogP contribution is -2.13. The Morgan fingerprint density at radius 2 is 1.97 bits per heavy atom. The second-order valence-electron chi connectivity index (χ2n) is 8.77. The molecule has 33 heavy (non-hydrogen) atoms. The second-order valence-corrected chi connectivity index (χ2v) is 8.77. The van der Waals surface area contributed by atoms with Crippen molar-refractivity contribution in [2.24, 2.45) is 0 Å². The third-order valence-electron chi connectivity index (χ3n) is 4.99. The minimum Gasteiger partial charge on any atom is -0.396 e. The number of hydrogen-bond donors (Lipinski definition) is 2. The van der Waals surface area contributed by atoms with Crippen molar-refractivity contribution in [2.75, 3.05) is 11.9 Å². The van der Waals surface area contributed by atoms with Crippen LogP contribution in [-0.2, 0) is 5.67 Å². The monoisotopic (exact) mass is 457 g/mol. The molecule has 1 fully saturated rings. The quantitative estimate of drug-likeness (QED) is 0.495. The first-order valence-electron chi connectivity index (χ1n) is 11.4. The number of pyridine rings is 2. The summed E-state index contributed by atoms with van der Waals surface area (Å²) in [5, 5.41) is 15.8. The third-order valence-corrected chi connectivity index (χ3v) is 4.99. The van der Waals surface area contributed by atoms with Crippen molar-refractivity contribution >= 4 is 17.2 Å². The fourth-order valence-electron chi connectivity index (χ4n) is 2.81. The lowest BCUT2D eigenvalue weighted by molar-refractivity contribution is 0.101. The fourth-order valence-corrected chi connectivity index (χ4v) is 2.81. The number of fused-ring (bicyclic) bond motifs is 1. The minimum absolute atomic E-state index is 0.0625. The molecule has 2 N–H and O–H groups in total. The van der Waals surface area contributed by atoms with Crippen molar-refractivity contribution in [3.63, 3.8) is 0 Å². The van der Waals surface area contributed by atoms with Crippen molar-refractivity contribution in [1.29, 1.82) is 0 Å². The highest BCUT2D eigenvalue weighted by Gasteiger charge is 2.25. The van der Waals surface area contributed by atoms with E-state index >= 15 is 0 Å². The summed E-state index contributed by atoms with van der Waals surface area (Å²) >= 11 is 0. The predicted octanol–water partition coefficient (Wildman–Crippen LogP) is 5.19. The summed E-state index contributed by atoms with van der Waals surface area (Å²) in [7, 11) is 0. The van der Waals surface area contributed by atoms with Crippen LogP contribution < -0.4 is 5.32 Å². The number of unbranched alkanes of at least 4 members (excludes halogenated alkanes) is 1. The molecule has 0 atom stereocenters. The molecule has 0 amide bonds. The van der Waals surface area contributed by atoms with Gasteiger partial charge in [0.15, 0.2) is 11.4 Å². The first-order chi connectivity index (χ1) is 15.5. The van der Waals surface area contributed by atoms with Crippen molar-refractivity contribution in [1.82, 2.24) is 19.6 Å². The average molecular weight is 458 g/mol. The van der Waals surface area contributed by atoms with Crippen molar-refractivity contribution in [2.45, 2.75) is 78.9 Å². The molecule has 1 saturated carbocycles. The Labute approximate surface area is 195 Å². The van der Waals surface area contributed by atoms with Crippen LogP contribution in [-0.4, -0.2) is 43.1 Å². The van der Waals surface area contributed by atoms with Gasteiger partial charge in [0.25, 0.3) is 0 Å². The Bertz CT molecular complexity index is 1040. The highest BCUT2D eigenvalue weighted by atomic mass is 19.1. The van der Waals surface area contributed by atoms with E-state index in [9.17, 15) is 9.18 Å². The molecule has 1 aliphatic rings. The number of nitrogens with zero attached hydrogens (tertiary/aromatic N) is 4. The SMILES string of the molecule is CC(=O)c1ccc(C)nc1.CCCCO.Cc1nc2cc(C(C)(C)F)cc(NC3CC3)n2n1. The number of carbonyl (C=O) groups excluding carboxylic acids is 1. The average Bonchev–Trinajstić information content (AvgIpc) is 3.47. The van der Waals surface area contributed by atoms with Crippen molar-refractivity contribution < 1.29 is 14.3 Å². The maximum Gasteiger partial charge on any atom is 0.161 e. The van der Waals surface area contributed by atoms with Crippen LogP contribution >= 0.6 is 0 Å². The van der Waals surface area contributed by atoms with E-state index in [2.05, 4.69) is 27.3 Å². The summed E-state index contributed by atoms with van der Waals surface area (Å²) in [4.78, 5) is 19.0. The number of nitrogens with one attached hydrogen (secondary N) is 1. The zero-order chi connectivity index (χ0) is 24.6.